The number of carbonyl (C=O) groups is 2. The molecule has 2 aliphatic rings. The van der Waals surface area contributed by atoms with Crippen molar-refractivity contribution in [2.75, 3.05) is 26.2 Å². The highest BCUT2D eigenvalue weighted by Crippen LogP contribution is 2.35. The molecule has 0 aliphatic carbocycles. The van der Waals surface area contributed by atoms with E-state index in [2.05, 4.69) is 6.07 Å². The number of benzene rings is 2. The van der Waals surface area contributed by atoms with Crippen LogP contribution in [0.5, 0.6) is 5.75 Å². The van der Waals surface area contributed by atoms with E-state index in [-0.39, 0.29) is 18.1 Å². The van der Waals surface area contributed by atoms with Crippen LogP contribution in [0.3, 0.4) is 0 Å². The lowest BCUT2D eigenvalue weighted by molar-refractivity contribution is -0.148. The smallest absolute Gasteiger partial charge is 0.407 e. The fourth-order valence-corrected chi connectivity index (χ4v) is 4.41. The molecule has 2 aromatic carbocycles. The number of nitrogens with zero attached hydrogens (tertiary/aromatic N) is 2. The molecule has 1 N–H and O–H groups in total. The summed E-state index contributed by atoms with van der Waals surface area (Å²) in [5, 5.41) is 9.12. The van der Waals surface area contributed by atoms with Gasteiger partial charge in [-0.25, -0.2) is 4.79 Å². The Morgan fingerprint density at radius 3 is 2.31 bits per heavy atom. The molecule has 7 heteroatoms. The Labute approximate surface area is 188 Å². The molecule has 0 saturated carbocycles. The summed E-state index contributed by atoms with van der Waals surface area (Å²) in [5.41, 5.74) is 3.77. The number of ether oxygens (including phenoxy) is 2. The minimum atomic E-state index is -0.864. The SMILES string of the molecule is CCN(CC)C(=O)c1ccc(-c2ccc3c(c2)COC(C2CCN(C(=O)O)CC2)O3)cc1. The molecule has 170 valence electrons. The van der Waals surface area contributed by atoms with Crippen LogP contribution >= 0.6 is 0 Å². The summed E-state index contributed by atoms with van der Waals surface area (Å²) in [6.45, 7) is 6.85. The molecular weight excluding hydrogens is 408 g/mol. The summed E-state index contributed by atoms with van der Waals surface area (Å²) < 4.78 is 12.1. The molecule has 1 saturated heterocycles. The Morgan fingerprint density at radius 2 is 1.69 bits per heavy atom. The first-order chi connectivity index (χ1) is 15.5. The highest BCUT2D eigenvalue weighted by Gasteiger charge is 2.33. The highest BCUT2D eigenvalue weighted by atomic mass is 16.7. The number of fused-ring (bicyclic) bond motifs is 1. The Kier molecular flexibility index (Phi) is 6.65. The maximum Gasteiger partial charge on any atom is 0.407 e. The van der Waals surface area contributed by atoms with E-state index in [1.807, 2.05) is 55.1 Å². The van der Waals surface area contributed by atoms with Crippen molar-refractivity contribution < 1.29 is 24.2 Å². The van der Waals surface area contributed by atoms with E-state index in [4.69, 9.17) is 14.6 Å². The maximum atomic E-state index is 12.5. The first-order valence-corrected chi connectivity index (χ1v) is 11.3. The molecule has 0 spiro atoms. The zero-order valence-electron chi connectivity index (χ0n) is 18.6. The molecule has 1 atom stereocenters. The van der Waals surface area contributed by atoms with Gasteiger partial charge in [-0.3, -0.25) is 4.79 Å². The van der Waals surface area contributed by atoms with Crippen molar-refractivity contribution in [1.29, 1.82) is 0 Å². The molecule has 4 rings (SSSR count). The minimum Gasteiger partial charge on any atom is -0.465 e. The largest absolute Gasteiger partial charge is 0.465 e. The number of hydrogen-bond donors (Lipinski definition) is 1. The van der Waals surface area contributed by atoms with Crippen LogP contribution in [0.15, 0.2) is 42.5 Å². The number of carbonyl (C=O) groups excluding carboxylic acids is 1. The van der Waals surface area contributed by atoms with E-state index in [9.17, 15) is 9.59 Å². The van der Waals surface area contributed by atoms with Crippen molar-refractivity contribution in [3.05, 3.63) is 53.6 Å². The van der Waals surface area contributed by atoms with Gasteiger partial charge in [-0.2, -0.15) is 0 Å². The molecule has 7 nitrogen and oxygen atoms in total. The van der Waals surface area contributed by atoms with E-state index < -0.39 is 6.09 Å². The summed E-state index contributed by atoms with van der Waals surface area (Å²) in [7, 11) is 0. The second-order valence-corrected chi connectivity index (χ2v) is 8.28. The van der Waals surface area contributed by atoms with Crippen molar-refractivity contribution >= 4 is 12.0 Å². The van der Waals surface area contributed by atoms with Crippen LogP contribution < -0.4 is 4.74 Å². The van der Waals surface area contributed by atoms with Gasteiger partial charge in [0.2, 0.25) is 6.29 Å². The van der Waals surface area contributed by atoms with Gasteiger partial charge in [-0.1, -0.05) is 18.2 Å². The van der Waals surface area contributed by atoms with Crippen LogP contribution in [0.1, 0.15) is 42.6 Å². The number of piperidine rings is 1. The summed E-state index contributed by atoms with van der Waals surface area (Å²) >= 11 is 0. The molecule has 2 aliphatic heterocycles. The van der Waals surface area contributed by atoms with E-state index >= 15 is 0 Å². The third-order valence-corrected chi connectivity index (χ3v) is 6.42. The van der Waals surface area contributed by atoms with Crippen LogP contribution in [0.25, 0.3) is 11.1 Å². The molecule has 2 heterocycles. The molecule has 2 amide bonds. The van der Waals surface area contributed by atoms with Gasteiger partial charge in [-0.05, 0) is 62.1 Å². The Balaban J connectivity index is 1.42. The monoisotopic (exact) mass is 438 g/mol. The molecule has 1 fully saturated rings. The average molecular weight is 439 g/mol. The zero-order valence-corrected chi connectivity index (χ0v) is 18.6. The third kappa shape index (κ3) is 4.58. The van der Waals surface area contributed by atoms with Crippen molar-refractivity contribution in [2.24, 2.45) is 5.92 Å². The summed E-state index contributed by atoms with van der Waals surface area (Å²) in [5.74, 6) is 1.06. The van der Waals surface area contributed by atoms with E-state index in [0.717, 1.165) is 35.3 Å². The fraction of sp³-hybridized carbons (Fsp3) is 0.440. The second-order valence-electron chi connectivity index (χ2n) is 8.28. The summed E-state index contributed by atoms with van der Waals surface area (Å²) in [4.78, 5) is 26.9. The van der Waals surface area contributed by atoms with Gasteiger partial charge in [0, 0.05) is 43.2 Å². The quantitative estimate of drug-likeness (QED) is 0.746. The summed E-state index contributed by atoms with van der Waals surface area (Å²) in [6, 6.07) is 13.8. The molecule has 0 aromatic heterocycles. The predicted octanol–water partition coefficient (Wildman–Crippen LogP) is 4.46. The number of amides is 2. The number of likely N-dealkylation sites (tertiary alicyclic amines) is 1. The van der Waals surface area contributed by atoms with Crippen molar-refractivity contribution in [1.82, 2.24) is 9.80 Å². The van der Waals surface area contributed by atoms with E-state index in [1.54, 1.807) is 0 Å². The first kappa shape index (κ1) is 22.1. The van der Waals surface area contributed by atoms with Crippen molar-refractivity contribution in [3.8, 4) is 16.9 Å². The van der Waals surface area contributed by atoms with Crippen LogP contribution in [0.4, 0.5) is 4.79 Å². The van der Waals surface area contributed by atoms with Gasteiger partial charge < -0.3 is 24.4 Å². The molecular formula is C25H30N2O5. The Hall–Kier alpha value is -3.06. The zero-order chi connectivity index (χ0) is 22.7. The van der Waals surface area contributed by atoms with Gasteiger partial charge >= 0.3 is 6.09 Å². The molecule has 1 unspecified atom stereocenters. The van der Waals surface area contributed by atoms with Gasteiger partial charge in [0.05, 0.1) is 6.61 Å². The summed E-state index contributed by atoms with van der Waals surface area (Å²) in [6.07, 6.45) is 0.276. The molecule has 0 radical (unpaired) electrons. The van der Waals surface area contributed by atoms with Gasteiger partial charge in [0.15, 0.2) is 0 Å². The number of carboxylic acid groups (broad SMARTS) is 1. The fourth-order valence-electron chi connectivity index (χ4n) is 4.41. The number of rotatable bonds is 5. The first-order valence-electron chi connectivity index (χ1n) is 11.3. The Bertz CT molecular complexity index is 963. The lowest BCUT2D eigenvalue weighted by Crippen LogP contribution is -2.43. The van der Waals surface area contributed by atoms with Crippen LogP contribution in [-0.4, -0.2) is 59.4 Å². The van der Waals surface area contributed by atoms with Gasteiger partial charge in [0.1, 0.15) is 5.75 Å². The normalized spacial score (nSPS) is 18.6. The Morgan fingerprint density at radius 1 is 1.03 bits per heavy atom. The molecule has 32 heavy (non-hydrogen) atoms. The molecule has 2 aromatic rings. The molecule has 0 bridgehead atoms. The highest BCUT2D eigenvalue weighted by molar-refractivity contribution is 5.94. The topological polar surface area (TPSA) is 79.3 Å². The van der Waals surface area contributed by atoms with Crippen molar-refractivity contribution in [3.63, 3.8) is 0 Å². The average Bonchev–Trinajstić information content (AvgIpc) is 2.84. The van der Waals surface area contributed by atoms with Crippen LogP contribution in [0, 0.1) is 5.92 Å². The van der Waals surface area contributed by atoms with E-state index in [0.29, 0.717) is 38.3 Å². The number of hydrogen-bond acceptors (Lipinski definition) is 4. The second kappa shape index (κ2) is 9.61. The van der Waals surface area contributed by atoms with Crippen LogP contribution in [-0.2, 0) is 11.3 Å². The maximum absolute atomic E-state index is 12.5. The van der Waals surface area contributed by atoms with Gasteiger partial charge in [-0.15, -0.1) is 0 Å². The van der Waals surface area contributed by atoms with Gasteiger partial charge in [0.25, 0.3) is 5.91 Å². The van der Waals surface area contributed by atoms with Crippen LogP contribution in [0.2, 0.25) is 0 Å². The predicted molar refractivity (Wildman–Crippen MR) is 121 cm³/mol. The lowest BCUT2D eigenvalue weighted by atomic mass is 9.95. The minimum absolute atomic E-state index is 0.0500. The van der Waals surface area contributed by atoms with E-state index in [1.165, 1.54) is 4.90 Å². The standard InChI is InChI=1S/C25H30N2O5/c1-3-26(4-2)23(28)18-7-5-17(6-8-18)20-9-10-22-21(15-20)16-31-24(32-22)19-11-13-27(14-12-19)25(29)30/h5-10,15,19,24H,3-4,11-14,16H2,1-2H3,(H,29,30). The van der Waals surface area contributed by atoms with Crippen molar-refractivity contribution in [2.45, 2.75) is 39.6 Å². The third-order valence-electron chi connectivity index (χ3n) is 6.42. The lowest BCUT2D eigenvalue weighted by Gasteiger charge is -2.36.